The summed E-state index contributed by atoms with van der Waals surface area (Å²) in [5.41, 5.74) is 1.49. The van der Waals surface area contributed by atoms with Crippen LogP contribution in [0.3, 0.4) is 0 Å². The number of nitriles is 1. The van der Waals surface area contributed by atoms with Crippen molar-refractivity contribution in [2.24, 2.45) is 5.41 Å². The number of hydrogen-bond donors (Lipinski definition) is 1. The Labute approximate surface area is 111 Å². The van der Waals surface area contributed by atoms with Crippen molar-refractivity contribution in [1.82, 2.24) is 0 Å². The van der Waals surface area contributed by atoms with Crippen LogP contribution in [-0.2, 0) is 4.79 Å². The molecule has 1 aliphatic carbocycles. The van der Waals surface area contributed by atoms with Gasteiger partial charge in [-0.05, 0) is 31.0 Å². The second-order valence-corrected chi connectivity index (χ2v) is 5.17. The molecule has 0 bridgehead atoms. The molecule has 98 valence electrons. The van der Waals surface area contributed by atoms with Gasteiger partial charge >= 0.3 is 0 Å². The maximum absolute atomic E-state index is 11.6. The van der Waals surface area contributed by atoms with Crippen LogP contribution in [0, 0.1) is 16.7 Å². The molecular weight excluding hydrogens is 242 g/mol. The Balaban J connectivity index is 1.77. The minimum absolute atomic E-state index is 0.0552. The lowest BCUT2D eigenvalue weighted by molar-refractivity contribution is -0.120. The molecule has 1 aromatic rings. The average Bonchev–Trinajstić information content (AvgIpc) is 3.22. The van der Waals surface area contributed by atoms with Crippen molar-refractivity contribution < 1.29 is 9.53 Å². The number of nitrogens with one attached hydrogen (secondary N) is 1. The van der Waals surface area contributed by atoms with Crippen LogP contribution in [0.1, 0.15) is 12.8 Å². The Hall–Kier alpha value is -2.22. The first-order valence-corrected chi connectivity index (χ1v) is 6.32. The lowest BCUT2D eigenvalue weighted by Crippen LogP contribution is -2.35. The van der Waals surface area contributed by atoms with Gasteiger partial charge < -0.3 is 15.0 Å². The summed E-state index contributed by atoms with van der Waals surface area (Å²) in [6, 6.07) is 8.00. The summed E-state index contributed by atoms with van der Waals surface area (Å²) in [6.45, 7) is 0.745. The molecule has 1 amide bonds. The third kappa shape index (κ3) is 2.10. The summed E-state index contributed by atoms with van der Waals surface area (Å²) in [5.74, 6) is 0.661. The maximum Gasteiger partial charge on any atom is 0.264 e. The molecule has 5 nitrogen and oxygen atoms in total. The predicted molar refractivity (Wildman–Crippen MR) is 71.1 cm³/mol. The van der Waals surface area contributed by atoms with Crippen molar-refractivity contribution >= 4 is 17.3 Å². The van der Waals surface area contributed by atoms with Gasteiger partial charge in [0.2, 0.25) is 0 Å². The minimum Gasteiger partial charge on any atom is -0.482 e. The van der Waals surface area contributed by atoms with Gasteiger partial charge in [0.1, 0.15) is 5.75 Å². The van der Waals surface area contributed by atoms with Crippen molar-refractivity contribution in [3.8, 4) is 11.8 Å². The largest absolute Gasteiger partial charge is 0.482 e. The monoisotopic (exact) mass is 257 g/mol. The Kier molecular flexibility index (Phi) is 2.59. The second kappa shape index (κ2) is 4.16. The summed E-state index contributed by atoms with van der Waals surface area (Å²) in [5, 5.41) is 12.3. The molecule has 19 heavy (non-hydrogen) atoms. The lowest BCUT2D eigenvalue weighted by atomic mass is 10.1. The molecule has 1 heterocycles. The van der Waals surface area contributed by atoms with E-state index in [1.165, 1.54) is 0 Å². The SMILES string of the molecule is CN1C(=O)COc2ccc(NCC3(C#N)CC3)cc21. The van der Waals surface area contributed by atoms with Gasteiger partial charge in [0.25, 0.3) is 5.91 Å². The Morgan fingerprint density at radius 1 is 1.53 bits per heavy atom. The smallest absolute Gasteiger partial charge is 0.264 e. The number of carbonyl (C=O) groups excluding carboxylic acids is 1. The van der Waals surface area contributed by atoms with Crippen LogP contribution in [0.4, 0.5) is 11.4 Å². The Morgan fingerprint density at radius 3 is 3.00 bits per heavy atom. The summed E-state index contributed by atoms with van der Waals surface area (Å²) >= 11 is 0. The molecule has 0 radical (unpaired) electrons. The molecule has 5 heteroatoms. The van der Waals surface area contributed by atoms with E-state index in [-0.39, 0.29) is 17.9 Å². The molecule has 1 aromatic carbocycles. The highest BCUT2D eigenvalue weighted by molar-refractivity contribution is 5.97. The van der Waals surface area contributed by atoms with E-state index in [1.807, 2.05) is 18.2 Å². The van der Waals surface area contributed by atoms with E-state index in [4.69, 9.17) is 10.00 Å². The number of nitrogens with zero attached hydrogens (tertiary/aromatic N) is 2. The highest BCUT2D eigenvalue weighted by Crippen LogP contribution is 2.45. The van der Waals surface area contributed by atoms with E-state index in [2.05, 4.69) is 11.4 Å². The highest BCUT2D eigenvalue weighted by Gasteiger charge is 2.42. The molecular formula is C14H15N3O2. The quantitative estimate of drug-likeness (QED) is 0.896. The average molecular weight is 257 g/mol. The molecule has 0 atom stereocenters. The van der Waals surface area contributed by atoms with Gasteiger partial charge in [-0.2, -0.15) is 5.26 Å². The summed E-state index contributed by atoms with van der Waals surface area (Å²) in [7, 11) is 1.74. The van der Waals surface area contributed by atoms with E-state index < -0.39 is 0 Å². The number of benzene rings is 1. The molecule has 0 unspecified atom stereocenters. The Bertz CT molecular complexity index is 573. The second-order valence-electron chi connectivity index (χ2n) is 5.17. The summed E-state index contributed by atoms with van der Waals surface area (Å²) < 4.78 is 5.37. The first-order chi connectivity index (χ1) is 9.13. The third-order valence-electron chi connectivity index (χ3n) is 3.77. The topological polar surface area (TPSA) is 65.4 Å². The number of hydrogen-bond acceptors (Lipinski definition) is 4. The molecule has 0 spiro atoms. The van der Waals surface area contributed by atoms with Gasteiger partial charge in [-0.25, -0.2) is 0 Å². The number of rotatable bonds is 3. The number of amides is 1. The molecule has 1 aliphatic heterocycles. The van der Waals surface area contributed by atoms with Gasteiger partial charge in [-0.1, -0.05) is 0 Å². The van der Waals surface area contributed by atoms with E-state index in [0.717, 1.165) is 24.2 Å². The maximum atomic E-state index is 11.6. The van der Waals surface area contributed by atoms with Crippen LogP contribution >= 0.6 is 0 Å². The highest BCUT2D eigenvalue weighted by atomic mass is 16.5. The molecule has 1 N–H and O–H groups in total. The van der Waals surface area contributed by atoms with Crippen LogP contribution in [0.2, 0.25) is 0 Å². The summed E-state index contributed by atoms with van der Waals surface area (Å²) in [6.07, 6.45) is 1.92. The number of anilines is 2. The van der Waals surface area contributed by atoms with Crippen molar-refractivity contribution in [2.45, 2.75) is 12.8 Å². The molecule has 2 aliphatic rings. The van der Waals surface area contributed by atoms with Crippen molar-refractivity contribution in [1.29, 1.82) is 5.26 Å². The molecule has 0 aromatic heterocycles. The van der Waals surface area contributed by atoms with E-state index >= 15 is 0 Å². The van der Waals surface area contributed by atoms with Gasteiger partial charge in [-0.3, -0.25) is 4.79 Å². The fourth-order valence-corrected chi connectivity index (χ4v) is 2.13. The van der Waals surface area contributed by atoms with E-state index in [9.17, 15) is 4.79 Å². The van der Waals surface area contributed by atoms with Crippen LogP contribution in [-0.4, -0.2) is 26.1 Å². The van der Waals surface area contributed by atoms with Crippen molar-refractivity contribution in [3.05, 3.63) is 18.2 Å². The number of carbonyl (C=O) groups is 1. The molecule has 1 saturated carbocycles. The van der Waals surface area contributed by atoms with E-state index in [1.54, 1.807) is 11.9 Å². The van der Waals surface area contributed by atoms with Crippen molar-refractivity contribution in [2.75, 3.05) is 30.4 Å². The number of likely N-dealkylation sites (N-methyl/N-ethyl adjacent to an activating group) is 1. The third-order valence-corrected chi connectivity index (χ3v) is 3.77. The van der Waals surface area contributed by atoms with Gasteiger partial charge in [-0.15, -0.1) is 0 Å². The molecule has 0 saturated heterocycles. The Morgan fingerprint density at radius 2 is 2.32 bits per heavy atom. The molecule has 3 rings (SSSR count). The van der Waals surface area contributed by atoms with Crippen LogP contribution in [0.15, 0.2) is 18.2 Å². The zero-order valence-corrected chi connectivity index (χ0v) is 10.8. The number of ether oxygens (including phenoxy) is 1. The fourth-order valence-electron chi connectivity index (χ4n) is 2.13. The molecule has 1 fully saturated rings. The van der Waals surface area contributed by atoms with Crippen LogP contribution < -0.4 is 15.0 Å². The van der Waals surface area contributed by atoms with Crippen molar-refractivity contribution in [3.63, 3.8) is 0 Å². The van der Waals surface area contributed by atoms with Crippen LogP contribution in [0.25, 0.3) is 0 Å². The fraction of sp³-hybridized carbons (Fsp3) is 0.429. The normalized spacial score (nSPS) is 19.2. The zero-order chi connectivity index (χ0) is 13.5. The standard InChI is InChI=1S/C14H15N3O2/c1-17-11-6-10(16-9-14(8-15)4-5-14)2-3-12(11)19-7-13(17)18/h2-3,6,16H,4-5,7,9H2,1H3. The predicted octanol–water partition coefficient (Wildman–Crippen LogP) is 1.76. The van der Waals surface area contributed by atoms with Gasteiger partial charge in [0.15, 0.2) is 6.61 Å². The van der Waals surface area contributed by atoms with Gasteiger partial charge in [0, 0.05) is 19.3 Å². The minimum atomic E-state index is -0.186. The zero-order valence-electron chi connectivity index (χ0n) is 10.8. The first kappa shape index (κ1) is 11.8. The van der Waals surface area contributed by atoms with E-state index in [0.29, 0.717) is 12.3 Å². The lowest BCUT2D eigenvalue weighted by Gasteiger charge is -2.26. The first-order valence-electron chi connectivity index (χ1n) is 6.32. The van der Waals surface area contributed by atoms with Gasteiger partial charge in [0.05, 0.1) is 17.2 Å². The number of fused-ring (bicyclic) bond motifs is 1. The van der Waals surface area contributed by atoms with Crippen LogP contribution in [0.5, 0.6) is 5.75 Å². The summed E-state index contributed by atoms with van der Waals surface area (Å²) in [4.78, 5) is 13.2.